The second-order valence-electron chi connectivity index (χ2n) is 5.20. The lowest BCUT2D eigenvalue weighted by atomic mass is 10.1. The number of nitrogens with one attached hydrogen (secondary N) is 1. The second kappa shape index (κ2) is 8.32. The molecule has 0 heterocycles. The highest BCUT2D eigenvalue weighted by molar-refractivity contribution is 7.80. The van der Waals surface area contributed by atoms with E-state index in [1.807, 2.05) is 37.8 Å². The predicted octanol–water partition coefficient (Wildman–Crippen LogP) is 2.32. The molecule has 0 unspecified atom stereocenters. The van der Waals surface area contributed by atoms with Crippen LogP contribution in [0.5, 0.6) is 0 Å². The van der Waals surface area contributed by atoms with E-state index >= 15 is 0 Å². The fraction of sp³-hybridized carbons (Fsp3) is 0.467. The molecule has 1 rings (SSSR count). The van der Waals surface area contributed by atoms with Crippen LogP contribution in [-0.2, 0) is 11.3 Å². The first-order chi connectivity index (χ1) is 9.83. The molecule has 116 valence electrons. The highest BCUT2D eigenvalue weighted by atomic mass is 35.5. The predicted molar refractivity (Wildman–Crippen MR) is 91.6 cm³/mol. The molecule has 1 aromatic rings. The summed E-state index contributed by atoms with van der Waals surface area (Å²) in [5, 5.41) is 3.50. The van der Waals surface area contributed by atoms with Gasteiger partial charge in [0, 0.05) is 23.2 Å². The average Bonchev–Trinajstić information content (AvgIpc) is 2.38. The van der Waals surface area contributed by atoms with Crippen LogP contribution < -0.4 is 11.1 Å². The van der Waals surface area contributed by atoms with Crippen LogP contribution in [0.4, 0.5) is 0 Å². The minimum absolute atomic E-state index is 0.0164. The largest absolute Gasteiger partial charge is 0.389 e. The molecule has 0 saturated heterocycles. The van der Waals surface area contributed by atoms with Gasteiger partial charge in [-0.25, -0.2) is 0 Å². The summed E-state index contributed by atoms with van der Waals surface area (Å²) in [4.78, 5) is 14.2. The fourth-order valence-electron chi connectivity index (χ4n) is 1.92. The number of nitrogens with two attached hydrogens (primary N) is 1. The third kappa shape index (κ3) is 5.99. The number of benzene rings is 1. The van der Waals surface area contributed by atoms with Gasteiger partial charge in [0.05, 0.1) is 6.54 Å². The Morgan fingerprint density at radius 1 is 1.48 bits per heavy atom. The molecule has 1 amide bonds. The Morgan fingerprint density at radius 2 is 2.14 bits per heavy atom. The minimum Gasteiger partial charge on any atom is -0.389 e. The van der Waals surface area contributed by atoms with Crippen molar-refractivity contribution in [3.05, 3.63) is 34.3 Å². The van der Waals surface area contributed by atoms with Gasteiger partial charge in [-0.05, 0) is 32.0 Å². The molecular formula is C15H22ClN3OS. The Labute approximate surface area is 136 Å². The van der Waals surface area contributed by atoms with E-state index in [0.29, 0.717) is 23.1 Å². The molecule has 0 spiro atoms. The van der Waals surface area contributed by atoms with Crippen LogP contribution in [0.15, 0.2) is 18.2 Å². The van der Waals surface area contributed by atoms with Gasteiger partial charge in [0.1, 0.15) is 4.99 Å². The lowest BCUT2D eigenvalue weighted by molar-refractivity contribution is -0.122. The summed E-state index contributed by atoms with van der Waals surface area (Å²) in [7, 11) is 0. The molecule has 0 bridgehead atoms. The standard InChI is InChI=1S/C15H22ClN3OS/c1-4-19(9-14(20)18-10(2)3)8-12-6-5-11(15(17)21)7-13(12)16/h5-7,10H,4,8-9H2,1-3H3,(H2,17,21)(H,18,20). The van der Waals surface area contributed by atoms with E-state index in [0.717, 1.165) is 17.7 Å². The average molecular weight is 328 g/mol. The van der Waals surface area contributed by atoms with Gasteiger partial charge in [0.25, 0.3) is 0 Å². The molecule has 6 heteroatoms. The normalized spacial score (nSPS) is 11.0. The lowest BCUT2D eigenvalue weighted by Crippen LogP contribution is -2.39. The van der Waals surface area contributed by atoms with Crippen LogP contribution >= 0.6 is 23.8 Å². The minimum atomic E-state index is 0.0164. The number of hydrogen-bond acceptors (Lipinski definition) is 3. The number of carbonyl (C=O) groups is 1. The first-order valence-electron chi connectivity index (χ1n) is 6.93. The number of carbonyl (C=O) groups excluding carboxylic acids is 1. The summed E-state index contributed by atoms with van der Waals surface area (Å²) in [5.41, 5.74) is 7.29. The maximum absolute atomic E-state index is 11.8. The topological polar surface area (TPSA) is 58.4 Å². The third-order valence-corrected chi connectivity index (χ3v) is 3.58. The monoisotopic (exact) mass is 327 g/mol. The zero-order valence-electron chi connectivity index (χ0n) is 12.6. The van der Waals surface area contributed by atoms with Gasteiger partial charge in [-0.1, -0.05) is 42.9 Å². The first kappa shape index (κ1) is 17.9. The Balaban J connectivity index is 2.73. The molecule has 0 aliphatic heterocycles. The Hall–Kier alpha value is -1.17. The van der Waals surface area contributed by atoms with Gasteiger partial charge < -0.3 is 11.1 Å². The van der Waals surface area contributed by atoms with Crippen LogP contribution in [-0.4, -0.2) is 34.9 Å². The summed E-state index contributed by atoms with van der Waals surface area (Å²) >= 11 is 11.2. The van der Waals surface area contributed by atoms with E-state index in [4.69, 9.17) is 29.6 Å². The molecule has 0 aliphatic rings. The van der Waals surface area contributed by atoms with E-state index < -0.39 is 0 Å². The van der Waals surface area contributed by atoms with Crippen molar-refractivity contribution in [2.45, 2.75) is 33.4 Å². The maximum atomic E-state index is 11.8. The van der Waals surface area contributed by atoms with Crippen molar-refractivity contribution in [2.75, 3.05) is 13.1 Å². The molecule has 3 N–H and O–H groups in total. The van der Waals surface area contributed by atoms with Crippen molar-refractivity contribution in [1.82, 2.24) is 10.2 Å². The van der Waals surface area contributed by atoms with Crippen LogP contribution in [0.1, 0.15) is 31.9 Å². The van der Waals surface area contributed by atoms with Gasteiger partial charge in [0.15, 0.2) is 0 Å². The summed E-state index contributed by atoms with van der Waals surface area (Å²) in [6, 6.07) is 5.66. The Morgan fingerprint density at radius 3 is 2.62 bits per heavy atom. The molecule has 0 saturated carbocycles. The zero-order valence-corrected chi connectivity index (χ0v) is 14.2. The molecule has 0 fully saturated rings. The molecule has 1 aromatic carbocycles. The number of hydrogen-bond donors (Lipinski definition) is 2. The Bertz CT molecular complexity index is 520. The van der Waals surface area contributed by atoms with Gasteiger partial charge in [-0.2, -0.15) is 0 Å². The van der Waals surface area contributed by atoms with Crippen molar-refractivity contribution in [1.29, 1.82) is 0 Å². The molecule has 0 atom stereocenters. The number of amides is 1. The number of halogens is 1. The maximum Gasteiger partial charge on any atom is 0.234 e. The third-order valence-electron chi connectivity index (χ3n) is 3.00. The number of likely N-dealkylation sites (N-methyl/N-ethyl adjacent to an activating group) is 1. The molecule has 21 heavy (non-hydrogen) atoms. The van der Waals surface area contributed by atoms with Crippen LogP contribution in [0.3, 0.4) is 0 Å². The van der Waals surface area contributed by atoms with Gasteiger partial charge in [0.2, 0.25) is 5.91 Å². The highest BCUT2D eigenvalue weighted by Crippen LogP contribution is 2.19. The quantitative estimate of drug-likeness (QED) is 0.755. The summed E-state index contributed by atoms with van der Waals surface area (Å²) in [6.07, 6.45) is 0. The highest BCUT2D eigenvalue weighted by Gasteiger charge is 2.12. The first-order valence-corrected chi connectivity index (χ1v) is 7.72. The van der Waals surface area contributed by atoms with Crippen LogP contribution in [0, 0.1) is 0 Å². The summed E-state index contributed by atoms with van der Waals surface area (Å²) < 4.78 is 0. The fourth-order valence-corrected chi connectivity index (χ4v) is 2.29. The van der Waals surface area contributed by atoms with Gasteiger partial charge >= 0.3 is 0 Å². The zero-order chi connectivity index (χ0) is 16.0. The summed E-state index contributed by atoms with van der Waals surface area (Å²) in [5.74, 6) is 0.0164. The van der Waals surface area contributed by atoms with Crippen molar-refractivity contribution in [3.8, 4) is 0 Å². The molecule has 0 aromatic heterocycles. The number of nitrogens with zero attached hydrogens (tertiary/aromatic N) is 1. The van der Waals surface area contributed by atoms with E-state index in [-0.39, 0.29) is 11.9 Å². The molecule has 0 radical (unpaired) electrons. The second-order valence-corrected chi connectivity index (χ2v) is 6.04. The van der Waals surface area contributed by atoms with Crippen molar-refractivity contribution in [3.63, 3.8) is 0 Å². The number of thiocarbonyl (C=S) groups is 1. The Kier molecular flexibility index (Phi) is 7.08. The lowest BCUT2D eigenvalue weighted by Gasteiger charge is -2.21. The smallest absolute Gasteiger partial charge is 0.234 e. The van der Waals surface area contributed by atoms with E-state index in [1.165, 1.54) is 0 Å². The van der Waals surface area contributed by atoms with Crippen LogP contribution in [0.2, 0.25) is 5.02 Å². The summed E-state index contributed by atoms with van der Waals surface area (Å²) in [6.45, 7) is 7.62. The van der Waals surface area contributed by atoms with Crippen LogP contribution in [0.25, 0.3) is 0 Å². The van der Waals surface area contributed by atoms with Crippen molar-refractivity contribution < 1.29 is 4.79 Å². The SMILES string of the molecule is CCN(CC(=O)NC(C)C)Cc1ccc(C(N)=S)cc1Cl. The van der Waals surface area contributed by atoms with Gasteiger partial charge in [-0.15, -0.1) is 0 Å². The van der Waals surface area contributed by atoms with E-state index in [1.54, 1.807) is 6.07 Å². The molecule has 0 aliphatic carbocycles. The van der Waals surface area contributed by atoms with Crippen molar-refractivity contribution in [2.24, 2.45) is 5.73 Å². The van der Waals surface area contributed by atoms with E-state index in [2.05, 4.69) is 5.32 Å². The van der Waals surface area contributed by atoms with Gasteiger partial charge in [-0.3, -0.25) is 9.69 Å². The number of rotatable bonds is 7. The molecular weight excluding hydrogens is 306 g/mol. The van der Waals surface area contributed by atoms with E-state index in [9.17, 15) is 4.79 Å². The molecule has 4 nitrogen and oxygen atoms in total. The van der Waals surface area contributed by atoms with Crippen molar-refractivity contribution >= 4 is 34.7 Å².